The van der Waals surface area contributed by atoms with Crippen molar-refractivity contribution in [2.45, 2.75) is 32.9 Å². The highest BCUT2D eigenvalue weighted by atomic mass is 16.2. The second kappa shape index (κ2) is 7.95. The molecule has 26 heavy (non-hydrogen) atoms. The number of unbranched alkanes of at least 4 members (excludes halogenated alkanes) is 1. The summed E-state index contributed by atoms with van der Waals surface area (Å²) in [5.41, 5.74) is 1.20. The van der Waals surface area contributed by atoms with E-state index in [1.165, 1.54) is 16.8 Å². The zero-order valence-electron chi connectivity index (χ0n) is 15.2. The molecule has 1 aromatic heterocycles. The zero-order valence-corrected chi connectivity index (χ0v) is 15.2. The number of aromatic nitrogens is 2. The smallest absolute Gasteiger partial charge is 0.274 e. The molecule has 134 valence electrons. The fourth-order valence-electron chi connectivity index (χ4n) is 2.98. The van der Waals surface area contributed by atoms with Gasteiger partial charge in [-0.3, -0.25) is 9.59 Å². The van der Waals surface area contributed by atoms with Crippen molar-refractivity contribution in [1.82, 2.24) is 14.7 Å². The van der Waals surface area contributed by atoms with Gasteiger partial charge in [-0.15, -0.1) is 0 Å². The number of aryl methyl sites for hydroxylation is 1. The lowest BCUT2D eigenvalue weighted by molar-refractivity contribution is 0.0777. The van der Waals surface area contributed by atoms with Gasteiger partial charge in [-0.1, -0.05) is 55.8 Å². The molecule has 0 saturated carbocycles. The zero-order chi connectivity index (χ0) is 18.5. The molecule has 2 aromatic carbocycles. The predicted octanol–water partition coefficient (Wildman–Crippen LogP) is 3.47. The number of hydrogen-bond acceptors (Lipinski definition) is 3. The first-order chi connectivity index (χ1) is 12.6. The molecule has 0 atom stereocenters. The summed E-state index contributed by atoms with van der Waals surface area (Å²) in [5, 5.41) is 6.53. The Hall–Kier alpha value is -2.95. The van der Waals surface area contributed by atoms with E-state index < -0.39 is 0 Å². The van der Waals surface area contributed by atoms with Crippen LogP contribution in [0.4, 0.5) is 0 Å². The molecule has 0 unspecified atom stereocenters. The molecule has 0 aliphatic rings. The molecule has 3 rings (SSSR count). The van der Waals surface area contributed by atoms with Gasteiger partial charge >= 0.3 is 0 Å². The van der Waals surface area contributed by atoms with Gasteiger partial charge in [-0.25, -0.2) is 4.68 Å². The maximum atomic E-state index is 12.8. The highest BCUT2D eigenvalue weighted by Crippen LogP contribution is 2.20. The predicted molar refractivity (Wildman–Crippen MR) is 103 cm³/mol. The van der Waals surface area contributed by atoms with Crippen molar-refractivity contribution in [3.63, 3.8) is 0 Å². The van der Waals surface area contributed by atoms with E-state index in [4.69, 9.17) is 0 Å². The van der Waals surface area contributed by atoms with Crippen molar-refractivity contribution in [1.29, 1.82) is 0 Å². The van der Waals surface area contributed by atoms with Gasteiger partial charge in [0.1, 0.15) is 5.69 Å². The van der Waals surface area contributed by atoms with Crippen LogP contribution < -0.4 is 5.56 Å². The molecule has 0 bridgehead atoms. The first-order valence-electron chi connectivity index (χ1n) is 8.90. The Morgan fingerprint density at radius 2 is 1.85 bits per heavy atom. The third kappa shape index (κ3) is 3.82. The van der Waals surface area contributed by atoms with Crippen molar-refractivity contribution in [3.8, 4) is 0 Å². The van der Waals surface area contributed by atoms with Crippen LogP contribution in [0.2, 0.25) is 0 Å². The molecule has 1 amide bonds. The molecule has 0 aliphatic carbocycles. The lowest BCUT2D eigenvalue weighted by atomic mass is 10.0. The molecular weight excluding hydrogens is 326 g/mol. The Bertz CT molecular complexity index is 973. The molecule has 3 aromatic rings. The average Bonchev–Trinajstić information content (AvgIpc) is 2.67. The fourth-order valence-corrected chi connectivity index (χ4v) is 2.98. The summed E-state index contributed by atoms with van der Waals surface area (Å²) in [6.45, 7) is 3.07. The topological polar surface area (TPSA) is 55.2 Å². The number of benzene rings is 2. The first-order valence-corrected chi connectivity index (χ1v) is 8.90. The lowest BCUT2D eigenvalue weighted by Crippen LogP contribution is -2.31. The van der Waals surface area contributed by atoms with Crippen molar-refractivity contribution in [2.75, 3.05) is 7.05 Å². The van der Waals surface area contributed by atoms with Gasteiger partial charge in [-0.05, 0) is 28.8 Å². The van der Waals surface area contributed by atoms with Crippen LogP contribution >= 0.6 is 0 Å². The summed E-state index contributed by atoms with van der Waals surface area (Å²) >= 11 is 0. The largest absolute Gasteiger partial charge is 0.336 e. The number of carbonyl (C=O) groups excluding carboxylic acids is 1. The van der Waals surface area contributed by atoms with E-state index in [0.29, 0.717) is 18.8 Å². The standard InChI is InChI=1S/C21H23N3O2/c1-3-4-14-24-20(25)13-12-19(22-24)21(26)23(2)15-17-10-7-9-16-8-5-6-11-18(16)17/h5-13H,3-4,14-15H2,1-2H3. The Labute approximate surface area is 152 Å². The third-order valence-corrected chi connectivity index (χ3v) is 4.44. The fraction of sp³-hybridized carbons (Fsp3) is 0.286. The number of rotatable bonds is 6. The van der Waals surface area contributed by atoms with E-state index in [1.807, 2.05) is 24.3 Å². The van der Waals surface area contributed by atoms with Gasteiger partial charge < -0.3 is 4.90 Å². The number of nitrogens with zero attached hydrogens (tertiary/aromatic N) is 3. The summed E-state index contributed by atoms with van der Waals surface area (Å²) in [7, 11) is 1.76. The van der Waals surface area contributed by atoms with E-state index in [9.17, 15) is 9.59 Å². The monoisotopic (exact) mass is 349 g/mol. The van der Waals surface area contributed by atoms with Crippen LogP contribution in [0, 0.1) is 0 Å². The Morgan fingerprint density at radius 3 is 2.65 bits per heavy atom. The van der Waals surface area contributed by atoms with E-state index in [0.717, 1.165) is 29.2 Å². The second-order valence-electron chi connectivity index (χ2n) is 6.43. The van der Waals surface area contributed by atoms with E-state index in [1.54, 1.807) is 11.9 Å². The minimum absolute atomic E-state index is 0.174. The lowest BCUT2D eigenvalue weighted by Gasteiger charge is -2.18. The molecule has 0 radical (unpaired) electrons. The molecular formula is C21H23N3O2. The molecule has 0 saturated heterocycles. The van der Waals surface area contributed by atoms with Crippen LogP contribution in [0.15, 0.2) is 59.4 Å². The van der Waals surface area contributed by atoms with Crippen LogP contribution in [0.1, 0.15) is 35.8 Å². The number of fused-ring (bicyclic) bond motifs is 1. The normalized spacial score (nSPS) is 10.8. The van der Waals surface area contributed by atoms with Crippen molar-refractivity contribution < 1.29 is 4.79 Å². The summed E-state index contributed by atoms with van der Waals surface area (Å²) in [6.07, 6.45) is 1.82. The average molecular weight is 349 g/mol. The van der Waals surface area contributed by atoms with Gasteiger partial charge in [0, 0.05) is 26.2 Å². The highest BCUT2D eigenvalue weighted by molar-refractivity contribution is 5.92. The molecule has 0 fully saturated rings. The number of hydrogen-bond donors (Lipinski definition) is 0. The molecule has 0 N–H and O–H groups in total. The summed E-state index contributed by atoms with van der Waals surface area (Å²) in [4.78, 5) is 26.3. The van der Waals surface area contributed by atoms with Crippen molar-refractivity contribution in [3.05, 3.63) is 76.2 Å². The molecule has 0 spiro atoms. The quantitative estimate of drug-likeness (QED) is 0.685. The van der Waals surface area contributed by atoms with E-state index in [-0.39, 0.29) is 11.5 Å². The van der Waals surface area contributed by atoms with Gasteiger partial charge in [0.05, 0.1) is 0 Å². The van der Waals surface area contributed by atoms with Gasteiger partial charge in [-0.2, -0.15) is 5.10 Å². The van der Waals surface area contributed by atoms with Crippen LogP contribution in [-0.2, 0) is 13.1 Å². The maximum Gasteiger partial charge on any atom is 0.274 e. The second-order valence-corrected chi connectivity index (χ2v) is 6.43. The third-order valence-electron chi connectivity index (χ3n) is 4.44. The minimum Gasteiger partial charge on any atom is -0.336 e. The van der Waals surface area contributed by atoms with Gasteiger partial charge in [0.15, 0.2) is 0 Å². The van der Waals surface area contributed by atoms with Crippen molar-refractivity contribution >= 4 is 16.7 Å². The molecule has 1 heterocycles. The van der Waals surface area contributed by atoms with E-state index in [2.05, 4.69) is 30.2 Å². The van der Waals surface area contributed by atoms with E-state index >= 15 is 0 Å². The molecule has 5 nitrogen and oxygen atoms in total. The Morgan fingerprint density at radius 1 is 1.08 bits per heavy atom. The van der Waals surface area contributed by atoms with Crippen LogP contribution in [0.25, 0.3) is 10.8 Å². The number of amides is 1. The van der Waals surface area contributed by atoms with Crippen molar-refractivity contribution in [2.24, 2.45) is 0 Å². The SMILES string of the molecule is CCCCn1nc(C(=O)N(C)Cc2cccc3ccccc23)ccc1=O. The van der Waals surface area contributed by atoms with Gasteiger partial charge in [0.2, 0.25) is 0 Å². The minimum atomic E-state index is -0.191. The number of carbonyl (C=O) groups is 1. The van der Waals surface area contributed by atoms with Crippen LogP contribution in [0.3, 0.4) is 0 Å². The Kier molecular flexibility index (Phi) is 5.46. The first kappa shape index (κ1) is 17.9. The maximum absolute atomic E-state index is 12.8. The molecule has 0 aliphatic heterocycles. The molecule has 5 heteroatoms. The van der Waals surface area contributed by atoms with Crippen LogP contribution in [-0.4, -0.2) is 27.6 Å². The van der Waals surface area contributed by atoms with Gasteiger partial charge in [0.25, 0.3) is 11.5 Å². The summed E-state index contributed by atoms with van der Waals surface area (Å²) in [6, 6.07) is 17.1. The summed E-state index contributed by atoms with van der Waals surface area (Å²) in [5.74, 6) is -0.191. The summed E-state index contributed by atoms with van der Waals surface area (Å²) < 4.78 is 1.38. The Balaban J connectivity index is 1.82. The van der Waals surface area contributed by atoms with Crippen LogP contribution in [0.5, 0.6) is 0 Å². The highest BCUT2D eigenvalue weighted by Gasteiger charge is 2.16.